The van der Waals surface area contributed by atoms with Crippen LogP contribution in [-0.2, 0) is 17.8 Å². The number of carbonyl (C=O) groups is 1. The van der Waals surface area contributed by atoms with Crippen molar-refractivity contribution in [3.63, 3.8) is 0 Å². The van der Waals surface area contributed by atoms with Crippen LogP contribution in [0.1, 0.15) is 16.7 Å². The first-order valence-corrected chi connectivity index (χ1v) is 10.7. The van der Waals surface area contributed by atoms with Crippen LogP contribution in [0.5, 0.6) is 11.5 Å². The predicted molar refractivity (Wildman–Crippen MR) is 124 cm³/mol. The molecule has 0 radical (unpaired) electrons. The van der Waals surface area contributed by atoms with Gasteiger partial charge in [-0.3, -0.25) is 4.79 Å². The number of hydrogen-bond acceptors (Lipinski definition) is 4. The van der Waals surface area contributed by atoms with Crippen LogP contribution in [0.15, 0.2) is 78.0 Å². The Morgan fingerprint density at radius 1 is 1.00 bits per heavy atom. The van der Waals surface area contributed by atoms with Crippen molar-refractivity contribution < 1.29 is 18.7 Å². The molecule has 0 aliphatic carbocycles. The molecule has 6 nitrogen and oxygen atoms in total. The van der Waals surface area contributed by atoms with Gasteiger partial charge in [0, 0.05) is 29.2 Å². The van der Waals surface area contributed by atoms with Crippen LogP contribution in [0.25, 0.3) is 10.9 Å². The van der Waals surface area contributed by atoms with E-state index in [0.717, 1.165) is 27.6 Å². The normalized spacial score (nSPS) is 12.9. The quantitative estimate of drug-likeness (QED) is 0.357. The minimum absolute atomic E-state index is 0.181. The summed E-state index contributed by atoms with van der Waals surface area (Å²) in [6.45, 7) is 1.63. The number of hydrogen-bond donors (Lipinski definition) is 1. The molecule has 2 heterocycles. The van der Waals surface area contributed by atoms with E-state index >= 15 is 0 Å². The van der Waals surface area contributed by atoms with Gasteiger partial charge in [0.15, 0.2) is 11.5 Å². The summed E-state index contributed by atoms with van der Waals surface area (Å²) in [6.07, 6.45) is 3.80. The van der Waals surface area contributed by atoms with E-state index in [4.69, 9.17) is 9.47 Å². The average Bonchev–Trinajstić information content (AvgIpc) is 3.18. The number of fused-ring (bicyclic) bond motifs is 2. The van der Waals surface area contributed by atoms with E-state index in [9.17, 15) is 9.18 Å². The Balaban J connectivity index is 1.28. The number of rotatable bonds is 6. The minimum atomic E-state index is -0.254. The van der Waals surface area contributed by atoms with Crippen molar-refractivity contribution in [1.29, 1.82) is 0 Å². The van der Waals surface area contributed by atoms with E-state index < -0.39 is 0 Å². The van der Waals surface area contributed by atoms with Crippen LogP contribution < -0.4 is 14.9 Å². The number of aromatic nitrogens is 1. The van der Waals surface area contributed by atoms with Crippen molar-refractivity contribution in [3.8, 4) is 11.5 Å². The molecule has 0 spiro atoms. The number of nitrogens with zero attached hydrogens (tertiary/aromatic N) is 2. The molecule has 0 saturated carbocycles. The van der Waals surface area contributed by atoms with Crippen LogP contribution >= 0.6 is 0 Å². The Labute approximate surface area is 190 Å². The molecular weight excluding hydrogens is 421 g/mol. The minimum Gasteiger partial charge on any atom is -0.486 e. The third-order valence-corrected chi connectivity index (χ3v) is 5.45. The van der Waals surface area contributed by atoms with Crippen LogP contribution in [0.3, 0.4) is 0 Å². The van der Waals surface area contributed by atoms with E-state index in [0.29, 0.717) is 31.3 Å². The van der Waals surface area contributed by atoms with Crippen LogP contribution in [0.4, 0.5) is 4.39 Å². The van der Waals surface area contributed by atoms with Crippen LogP contribution in [0, 0.1) is 5.82 Å². The zero-order valence-corrected chi connectivity index (χ0v) is 17.8. The third-order valence-electron chi connectivity index (χ3n) is 5.45. The van der Waals surface area contributed by atoms with Gasteiger partial charge in [-0.05, 0) is 41.5 Å². The Morgan fingerprint density at radius 3 is 2.61 bits per heavy atom. The molecule has 166 valence electrons. The molecule has 7 heteroatoms. The summed E-state index contributed by atoms with van der Waals surface area (Å²) in [7, 11) is 0. The topological polar surface area (TPSA) is 64.8 Å². The number of benzene rings is 3. The van der Waals surface area contributed by atoms with Crippen molar-refractivity contribution in [1.82, 2.24) is 9.99 Å². The van der Waals surface area contributed by atoms with Crippen molar-refractivity contribution in [2.24, 2.45) is 5.10 Å². The van der Waals surface area contributed by atoms with Crippen molar-refractivity contribution in [2.75, 3.05) is 13.2 Å². The highest BCUT2D eigenvalue weighted by atomic mass is 19.1. The molecule has 0 fully saturated rings. The number of hydrazone groups is 1. The summed E-state index contributed by atoms with van der Waals surface area (Å²) in [4.78, 5) is 12.4. The number of para-hydroxylation sites is 1. The average molecular weight is 443 g/mol. The van der Waals surface area contributed by atoms with Gasteiger partial charge >= 0.3 is 0 Å². The number of halogens is 1. The molecule has 1 aliphatic rings. The number of carbonyl (C=O) groups excluding carboxylic acids is 1. The fraction of sp³-hybridized carbons (Fsp3) is 0.154. The summed E-state index contributed by atoms with van der Waals surface area (Å²) >= 11 is 0. The Hall–Kier alpha value is -4.13. The summed E-state index contributed by atoms with van der Waals surface area (Å²) in [5.41, 5.74) is 6.33. The van der Waals surface area contributed by atoms with Crippen molar-refractivity contribution in [2.45, 2.75) is 13.0 Å². The van der Waals surface area contributed by atoms with E-state index in [-0.39, 0.29) is 18.1 Å². The fourth-order valence-corrected chi connectivity index (χ4v) is 3.89. The van der Waals surface area contributed by atoms with Crippen LogP contribution in [-0.4, -0.2) is 29.9 Å². The smallest absolute Gasteiger partial charge is 0.244 e. The molecule has 1 amide bonds. The lowest BCUT2D eigenvalue weighted by Crippen LogP contribution is -2.20. The van der Waals surface area contributed by atoms with Gasteiger partial charge in [-0.15, -0.1) is 0 Å². The number of ether oxygens (including phenoxy) is 2. The second kappa shape index (κ2) is 9.16. The molecule has 0 unspecified atom stereocenters. The lowest BCUT2D eigenvalue weighted by Gasteiger charge is -2.18. The molecule has 1 N–H and O–H groups in total. The zero-order valence-electron chi connectivity index (χ0n) is 17.8. The van der Waals surface area contributed by atoms with Gasteiger partial charge in [0.1, 0.15) is 19.0 Å². The molecular formula is C26H22FN3O3. The SMILES string of the molecule is O=C(Cc1ccc2c(c1)OCCO2)N/N=C\c1cn(Cc2ccc(F)cc2)c2ccccc12. The van der Waals surface area contributed by atoms with E-state index in [1.807, 2.05) is 48.7 Å². The number of nitrogens with one attached hydrogen (secondary N) is 1. The second-order valence-electron chi connectivity index (χ2n) is 7.80. The first-order chi connectivity index (χ1) is 16.2. The van der Waals surface area contributed by atoms with E-state index in [1.54, 1.807) is 18.3 Å². The maximum atomic E-state index is 13.2. The van der Waals surface area contributed by atoms with Gasteiger partial charge in [0.05, 0.1) is 12.6 Å². The van der Waals surface area contributed by atoms with E-state index in [2.05, 4.69) is 15.1 Å². The van der Waals surface area contributed by atoms with Crippen molar-refractivity contribution in [3.05, 3.63) is 95.4 Å². The molecule has 33 heavy (non-hydrogen) atoms. The van der Waals surface area contributed by atoms with Crippen molar-refractivity contribution >= 4 is 23.0 Å². The molecule has 0 atom stereocenters. The van der Waals surface area contributed by atoms with E-state index in [1.165, 1.54) is 12.1 Å². The number of amides is 1. The highest BCUT2D eigenvalue weighted by Gasteiger charge is 2.13. The van der Waals surface area contributed by atoms with Gasteiger partial charge in [-0.2, -0.15) is 5.10 Å². The summed E-state index contributed by atoms with van der Waals surface area (Å²) in [5.74, 6) is 0.873. The fourth-order valence-electron chi connectivity index (χ4n) is 3.89. The Morgan fingerprint density at radius 2 is 1.76 bits per heavy atom. The largest absolute Gasteiger partial charge is 0.486 e. The standard InChI is InChI=1S/C26H22FN3O3/c27-21-8-5-18(6-9-21)16-30-17-20(22-3-1-2-4-23(22)30)15-28-29-26(31)14-19-7-10-24-25(13-19)33-12-11-32-24/h1-10,13,15,17H,11-12,14,16H2,(H,29,31)/b28-15-. The summed E-state index contributed by atoms with van der Waals surface area (Å²) < 4.78 is 26.4. The lowest BCUT2D eigenvalue weighted by molar-refractivity contribution is -0.120. The molecule has 4 aromatic rings. The summed E-state index contributed by atoms with van der Waals surface area (Å²) in [5, 5.41) is 5.18. The maximum absolute atomic E-state index is 13.2. The van der Waals surface area contributed by atoms with Crippen LogP contribution in [0.2, 0.25) is 0 Å². The molecule has 5 rings (SSSR count). The first-order valence-electron chi connectivity index (χ1n) is 10.7. The first kappa shape index (κ1) is 20.8. The Bertz CT molecular complexity index is 1330. The zero-order chi connectivity index (χ0) is 22.6. The highest BCUT2D eigenvalue weighted by molar-refractivity contribution is 5.99. The molecule has 0 bridgehead atoms. The molecule has 1 aliphatic heterocycles. The van der Waals surface area contributed by atoms with Gasteiger partial charge < -0.3 is 14.0 Å². The lowest BCUT2D eigenvalue weighted by atomic mass is 10.1. The highest BCUT2D eigenvalue weighted by Crippen LogP contribution is 2.30. The van der Waals surface area contributed by atoms with Gasteiger partial charge in [0.2, 0.25) is 5.91 Å². The van der Waals surface area contributed by atoms with Gasteiger partial charge in [-0.25, -0.2) is 9.82 Å². The molecule has 0 saturated heterocycles. The predicted octanol–water partition coefficient (Wildman–Crippen LogP) is 4.29. The Kier molecular flexibility index (Phi) is 5.76. The third kappa shape index (κ3) is 4.72. The molecule has 1 aromatic heterocycles. The monoisotopic (exact) mass is 443 g/mol. The van der Waals surface area contributed by atoms with Gasteiger partial charge in [-0.1, -0.05) is 36.4 Å². The summed E-state index contributed by atoms with van der Waals surface area (Å²) in [6, 6.07) is 19.9. The molecule has 3 aromatic carbocycles. The maximum Gasteiger partial charge on any atom is 0.244 e. The second-order valence-corrected chi connectivity index (χ2v) is 7.80. The van der Waals surface area contributed by atoms with Gasteiger partial charge in [0.25, 0.3) is 0 Å².